The van der Waals surface area contributed by atoms with Crippen molar-refractivity contribution in [1.82, 2.24) is 4.90 Å². The molecule has 0 amide bonds. The van der Waals surface area contributed by atoms with E-state index in [1.54, 1.807) is 0 Å². The predicted molar refractivity (Wildman–Crippen MR) is 63.6 cm³/mol. The van der Waals surface area contributed by atoms with E-state index >= 15 is 0 Å². The molecule has 1 saturated heterocycles. The molecule has 0 aromatic carbocycles. The van der Waals surface area contributed by atoms with Gasteiger partial charge in [-0.25, -0.2) is 0 Å². The van der Waals surface area contributed by atoms with Gasteiger partial charge in [-0.05, 0) is 43.7 Å². The second-order valence-corrected chi connectivity index (χ2v) is 5.19. The monoisotopic (exact) mass is 214 g/mol. The fraction of sp³-hybridized carbons (Fsp3) is 1.00. The van der Waals surface area contributed by atoms with Crippen molar-refractivity contribution in [2.45, 2.75) is 26.7 Å². The van der Waals surface area contributed by atoms with Crippen LogP contribution in [0.3, 0.4) is 0 Å². The van der Waals surface area contributed by atoms with Gasteiger partial charge in [0.15, 0.2) is 0 Å². The minimum Gasteiger partial charge on any atom is -0.396 e. The second-order valence-electron chi connectivity index (χ2n) is 5.19. The maximum atomic E-state index is 9.16. The zero-order chi connectivity index (χ0) is 11.3. The summed E-state index contributed by atoms with van der Waals surface area (Å²) in [4.78, 5) is 2.47. The van der Waals surface area contributed by atoms with Crippen molar-refractivity contribution in [1.29, 1.82) is 0 Å². The van der Waals surface area contributed by atoms with Crippen LogP contribution < -0.4 is 5.73 Å². The van der Waals surface area contributed by atoms with Gasteiger partial charge >= 0.3 is 0 Å². The molecule has 0 aliphatic carbocycles. The molecular weight excluding hydrogens is 188 g/mol. The van der Waals surface area contributed by atoms with E-state index in [0.29, 0.717) is 24.4 Å². The summed E-state index contributed by atoms with van der Waals surface area (Å²) in [6.07, 6.45) is 2.41. The van der Waals surface area contributed by atoms with E-state index in [0.717, 1.165) is 19.6 Å². The number of piperidine rings is 1. The highest BCUT2D eigenvalue weighted by Gasteiger charge is 2.22. The Kier molecular flexibility index (Phi) is 5.58. The maximum Gasteiger partial charge on any atom is 0.0471 e. The topological polar surface area (TPSA) is 49.5 Å². The SMILES string of the molecule is CC(C)C(CN)CN1CCCC(CO)C1. The summed E-state index contributed by atoms with van der Waals surface area (Å²) in [6.45, 7) is 8.93. The van der Waals surface area contributed by atoms with Crippen LogP contribution in [0.1, 0.15) is 26.7 Å². The van der Waals surface area contributed by atoms with E-state index in [1.807, 2.05) is 0 Å². The first kappa shape index (κ1) is 12.9. The predicted octanol–water partition coefficient (Wildman–Crippen LogP) is 0.922. The summed E-state index contributed by atoms with van der Waals surface area (Å²) in [5.74, 6) is 1.75. The van der Waals surface area contributed by atoms with Gasteiger partial charge < -0.3 is 15.7 Å². The molecule has 3 N–H and O–H groups in total. The number of nitrogens with two attached hydrogens (primary N) is 1. The van der Waals surface area contributed by atoms with Crippen LogP contribution in [-0.2, 0) is 0 Å². The molecule has 0 bridgehead atoms. The summed E-state index contributed by atoms with van der Waals surface area (Å²) in [5.41, 5.74) is 5.78. The summed E-state index contributed by atoms with van der Waals surface area (Å²) >= 11 is 0. The molecule has 0 spiro atoms. The van der Waals surface area contributed by atoms with Crippen LogP contribution in [0.5, 0.6) is 0 Å². The molecule has 0 aromatic heterocycles. The third kappa shape index (κ3) is 4.09. The average molecular weight is 214 g/mol. The first-order chi connectivity index (χ1) is 7.17. The molecule has 1 aliphatic rings. The fourth-order valence-electron chi connectivity index (χ4n) is 2.36. The van der Waals surface area contributed by atoms with Gasteiger partial charge in [0.1, 0.15) is 0 Å². The Morgan fingerprint density at radius 2 is 2.20 bits per heavy atom. The first-order valence-electron chi connectivity index (χ1n) is 6.20. The fourth-order valence-corrected chi connectivity index (χ4v) is 2.36. The van der Waals surface area contributed by atoms with E-state index in [9.17, 15) is 0 Å². The molecule has 3 nitrogen and oxygen atoms in total. The van der Waals surface area contributed by atoms with Crippen LogP contribution >= 0.6 is 0 Å². The van der Waals surface area contributed by atoms with Crippen molar-refractivity contribution in [3.05, 3.63) is 0 Å². The highest BCUT2D eigenvalue weighted by molar-refractivity contribution is 4.76. The summed E-state index contributed by atoms with van der Waals surface area (Å²) in [6, 6.07) is 0. The van der Waals surface area contributed by atoms with Crippen molar-refractivity contribution in [2.75, 3.05) is 32.8 Å². The first-order valence-corrected chi connectivity index (χ1v) is 6.20. The number of rotatable bonds is 5. The Bertz CT molecular complexity index is 173. The number of hydrogen-bond donors (Lipinski definition) is 2. The van der Waals surface area contributed by atoms with Crippen molar-refractivity contribution >= 4 is 0 Å². The normalized spacial score (nSPS) is 25.8. The lowest BCUT2D eigenvalue weighted by Crippen LogP contribution is -2.42. The third-order valence-electron chi connectivity index (χ3n) is 3.60. The molecule has 1 heterocycles. The minimum atomic E-state index is 0.339. The van der Waals surface area contributed by atoms with Crippen LogP contribution in [0.2, 0.25) is 0 Å². The Morgan fingerprint density at radius 3 is 2.73 bits per heavy atom. The minimum absolute atomic E-state index is 0.339. The maximum absolute atomic E-state index is 9.16. The van der Waals surface area contributed by atoms with E-state index in [1.165, 1.54) is 19.4 Å². The van der Waals surface area contributed by atoms with Gasteiger partial charge in [-0.3, -0.25) is 0 Å². The van der Waals surface area contributed by atoms with Gasteiger partial charge in [-0.2, -0.15) is 0 Å². The van der Waals surface area contributed by atoms with Crippen molar-refractivity contribution in [2.24, 2.45) is 23.5 Å². The zero-order valence-corrected chi connectivity index (χ0v) is 10.2. The Labute approximate surface area is 93.6 Å². The van der Waals surface area contributed by atoms with E-state index in [4.69, 9.17) is 10.8 Å². The largest absolute Gasteiger partial charge is 0.396 e. The van der Waals surface area contributed by atoms with Crippen molar-refractivity contribution in [3.63, 3.8) is 0 Å². The molecule has 1 rings (SSSR count). The Morgan fingerprint density at radius 1 is 1.47 bits per heavy atom. The number of aliphatic hydroxyl groups is 1. The average Bonchev–Trinajstić information content (AvgIpc) is 2.25. The van der Waals surface area contributed by atoms with Gasteiger partial charge in [0.2, 0.25) is 0 Å². The third-order valence-corrected chi connectivity index (χ3v) is 3.60. The molecule has 1 fully saturated rings. The molecule has 3 heteroatoms. The van der Waals surface area contributed by atoms with Crippen LogP contribution in [0.25, 0.3) is 0 Å². The summed E-state index contributed by atoms with van der Waals surface area (Å²) in [5, 5.41) is 9.16. The van der Waals surface area contributed by atoms with E-state index in [2.05, 4.69) is 18.7 Å². The van der Waals surface area contributed by atoms with Gasteiger partial charge in [0.25, 0.3) is 0 Å². The standard InChI is InChI=1S/C12H26N2O/c1-10(2)12(6-13)8-14-5-3-4-11(7-14)9-15/h10-12,15H,3-9,13H2,1-2H3. The molecule has 15 heavy (non-hydrogen) atoms. The van der Waals surface area contributed by atoms with Crippen LogP contribution in [-0.4, -0.2) is 42.8 Å². The highest BCUT2D eigenvalue weighted by Crippen LogP contribution is 2.19. The molecule has 90 valence electrons. The van der Waals surface area contributed by atoms with Gasteiger partial charge in [-0.15, -0.1) is 0 Å². The molecule has 0 saturated carbocycles. The lowest BCUT2D eigenvalue weighted by Gasteiger charge is -2.35. The lowest BCUT2D eigenvalue weighted by atomic mass is 9.93. The molecule has 0 radical (unpaired) electrons. The molecule has 0 aromatic rings. The Hall–Kier alpha value is -0.120. The number of aliphatic hydroxyl groups excluding tert-OH is 1. The van der Waals surface area contributed by atoms with Crippen molar-refractivity contribution < 1.29 is 5.11 Å². The quantitative estimate of drug-likeness (QED) is 0.715. The molecule has 2 atom stereocenters. The van der Waals surface area contributed by atoms with Gasteiger partial charge in [-0.1, -0.05) is 13.8 Å². The molecule has 2 unspecified atom stereocenters. The zero-order valence-electron chi connectivity index (χ0n) is 10.2. The van der Waals surface area contributed by atoms with E-state index in [-0.39, 0.29) is 0 Å². The van der Waals surface area contributed by atoms with E-state index < -0.39 is 0 Å². The highest BCUT2D eigenvalue weighted by atomic mass is 16.3. The summed E-state index contributed by atoms with van der Waals surface area (Å²) < 4.78 is 0. The number of nitrogens with zero attached hydrogens (tertiary/aromatic N) is 1. The smallest absolute Gasteiger partial charge is 0.0471 e. The number of hydrogen-bond acceptors (Lipinski definition) is 3. The van der Waals surface area contributed by atoms with Gasteiger partial charge in [0.05, 0.1) is 0 Å². The molecule has 1 aliphatic heterocycles. The second kappa shape index (κ2) is 6.46. The summed E-state index contributed by atoms with van der Waals surface area (Å²) in [7, 11) is 0. The van der Waals surface area contributed by atoms with Crippen molar-refractivity contribution in [3.8, 4) is 0 Å². The van der Waals surface area contributed by atoms with Crippen LogP contribution in [0.15, 0.2) is 0 Å². The number of likely N-dealkylation sites (tertiary alicyclic amines) is 1. The lowest BCUT2D eigenvalue weighted by molar-refractivity contribution is 0.101. The van der Waals surface area contributed by atoms with Gasteiger partial charge in [0, 0.05) is 19.7 Å². The Balaban J connectivity index is 2.36. The van der Waals surface area contributed by atoms with Crippen LogP contribution in [0, 0.1) is 17.8 Å². The van der Waals surface area contributed by atoms with Crippen LogP contribution in [0.4, 0.5) is 0 Å². The molecular formula is C12H26N2O.